The SMILES string of the molecule is COC(=O)c1cc2cc(NC(=O)CN(CCc3ccccc3)S(=O)(=O)c3ccc(Br)cc3)ccc2s1. The lowest BCUT2D eigenvalue weighted by molar-refractivity contribution is -0.116. The number of fused-ring (bicyclic) bond motifs is 1. The fraction of sp³-hybridized carbons (Fsp3) is 0.154. The molecule has 4 aromatic rings. The molecule has 186 valence electrons. The summed E-state index contributed by atoms with van der Waals surface area (Å²) in [6.07, 6.45) is 0.459. The lowest BCUT2D eigenvalue weighted by Crippen LogP contribution is -2.39. The van der Waals surface area contributed by atoms with Crippen LogP contribution in [0.4, 0.5) is 5.69 Å². The van der Waals surface area contributed by atoms with Crippen molar-refractivity contribution in [3.63, 3.8) is 0 Å². The number of amides is 1. The van der Waals surface area contributed by atoms with Crippen LogP contribution in [0.2, 0.25) is 0 Å². The van der Waals surface area contributed by atoms with Gasteiger partial charge in [-0.3, -0.25) is 4.79 Å². The van der Waals surface area contributed by atoms with Gasteiger partial charge in [-0.1, -0.05) is 46.3 Å². The van der Waals surface area contributed by atoms with Gasteiger partial charge in [0.2, 0.25) is 15.9 Å². The third-order valence-electron chi connectivity index (χ3n) is 5.45. The smallest absolute Gasteiger partial charge is 0.348 e. The number of nitrogens with one attached hydrogen (secondary N) is 1. The van der Waals surface area contributed by atoms with Crippen molar-refractivity contribution in [3.8, 4) is 0 Å². The summed E-state index contributed by atoms with van der Waals surface area (Å²) in [6.45, 7) is -0.206. The zero-order chi connectivity index (χ0) is 25.7. The Labute approximate surface area is 221 Å². The fourth-order valence-corrected chi connectivity index (χ4v) is 6.24. The van der Waals surface area contributed by atoms with E-state index in [9.17, 15) is 18.0 Å². The Hall–Kier alpha value is -3.05. The van der Waals surface area contributed by atoms with E-state index in [0.717, 1.165) is 20.1 Å². The minimum atomic E-state index is -3.92. The van der Waals surface area contributed by atoms with Gasteiger partial charge >= 0.3 is 5.97 Å². The topological polar surface area (TPSA) is 92.8 Å². The van der Waals surface area contributed by atoms with Crippen molar-refractivity contribution in [2.24, 2.45) is 0 Å². The van der Waals surface area contributed by atoms with Crippen molar-refractivity contribution in [2.45, 2.75) is 11.3 Å². The molecule has 0 radical (unpaired) electrons. The van der Waals surface area contributed by atoms with Gasteiger partial charge in [0, 0.05) is 21.4 Å². The van der Waals surface area contributed by atoms with Crippen molar-refractivity contribution in [3.05, 3.63) is 93.8 Å². The molecule has 0 bridgehead atoms. The van der Waals surface area contributed by atoms with E-state index in [1.807, 2.05) is 30.3 Å². The van der Waals surface area contributed by atoms with Crippen LogP contribution < -0.4 is 5.32 Å². The summed E-state index contributed by atoms with van der Waals surface area (Å²) in [5, 5.41) is 3.56. The summed E-state index contributed by atoms with van der Waals surface area (Å²) < 4.78 is 34.4. The Morgan fingerprint density at radius 2 is 1.72 bits per heavy atom. The minimum Gasteiger partial charge on any atom is -0.465 e. The van der Waals surface area contributed by atoms with E-state index >= 15 is 0 Å². The number of halogens is 1. The minimum absolute atomic E-state index is 0.113. The van der Waals surface area contributed by atoms with Crippen molar-refractivity contribution in [1.82, 2.24) is 4.31 Å². The number of anilines is 1. The number of hydrogen-bond donors (Lipinski definition) is 1. The van der Waals surface area contributed by atoms with Gasteiger partial charge in [-0.25, -0.2) is 13.2 Å². The van der Waals surface area contributed by atoms with Gasteiger partial charge in [0.25, 0.3) is 0 Å². The van der Waals surface area contributed by atoms with Crippen LogP contribution in [0, 0.1) is 0 Å². The van der Waals surface area contributed by atoms with Crippen LogP contribution in [0.25, 0.3) is 10.1 Å². The third kappa shape index (κ3) is 6.19. The summed E-state index contributed by atoms with van der Waals surface area (Å²) in [7, 11) is -2.59. The maximum Gasteiger partial charge on any atom is 0.348 e. The molecule has 10 heteroatoms. The molecule has 1 heterocycles. The number of hydrogen-bond acceptors (Lipinski definition) is 6. The first-order valence-electron chi connectivity index (χ1n) is 11.0. The van der Waals surface area contributed by atoms with Crippen molar-refractivity contribution < 1.29 is 22.7 Å². The maximum atomic E-state index is 13.4. The highest BCUT2D eigenvalue weighted by molar-refractivity contribution is 9.10. The predicted octanol–water partition coefficient (Wildman–Crippen LogP) is 5.32. The molecule has 0 saturated heterocycles. The molecule has 0 fully saturated rings. The van der Waals surface area contributed by atoms with Crippen molar-refractivity contribution >= 4 is 64.9 Å². The number of carbonyl (C=O) groups excluding carboxylic acids is 2. The van der Waals surface area contributed by atoms with E-state index in [1.165, 1.54) is 34.9 Å². The van der Waals surface area contributed by atoms with Crippen LogP contribution in [0.1, 0.15) is 15.2 Å². The van der Waals surface area contributed by atoms with Gasteiger partial charge in [-0.15, -0.1) is 11.3 Å². The fourth-order valence-electron chi connectivity index (χ4n) is 3.62. The monoisotopic (exact) mass is 586 g/mol. The molecule has 0 aliphatic carbocycles. The van der Waals surface area contributed by atoms with Gasteiger partial charge in [0.15, 0.2) is 0 Å². The molecule has 0 aliphatic heterocycles. The summed E-state index contributed by atoms with van der Waals surface area (Å²) in [5.74, 6) is -0.888. The number of rotatable bonds is 9. The number of esters is 1. The highest BCUT2D eigenvalue weighted by Crippen LogP contribution is 2.29. The average Bonchev–Trinajstić information content (AvgIpc) is 3.30. The predicted molar refractivity (Wildman–Crippen MR) is 145 cm³/mol. The van der Waals surface area contributed by atoms with E-state index in [-0.39, 0.29) is 18.0 Å². The molecule has 3 aromatic carbocycles. The summed E-state index contributed by atoms with van der Waals surface area (Å²) >= 11 is 4.62. The Bertz CT molecular complexity index is 1490. The van der Waals surface area contributed by atoms with Gasteiger partial charge in [0.05, 0.1) is 18.6 Å². The summed E-state index contributed by atoms with van der Waals surface area (Å²) in [5.41, 5.74) is 1.48. The highest BCUT2D eigenvalue weighted by Gasteiger charge is 2.26. The Balaban J connectivity index is 1.53. The molecule has 0 atom stereocenters. The maximum absolute atomic E-state index is 13.4. The molecule has 1 N–H and O–H groups in total. The highest BCUT2D eigenvalue weighted by atomic mass is 79.9. The zero-order valence-electron chi connectivity index (χ0n) is 19.3. The first kappa shape index (κ1) is 26.0. The first-order valence-corrected chi connectivity index (χ1v) is 14.0. The number of carbonyl (C=O) groups is 2. The lowest BCUT2D eigenvalue weighted by Gasteiger charge is -2.22. The molecule has 1 aromatic heterocycles. The Morgan fingerprint density at radius 3 is 2.42 bits per heavy atom. The van der Waals surface area contributed by atoms with Gasteiger partial charge in [-0.2, -0.15) is 4.31 Å². The average molecular weight is 588 g/mol. The number of methoxy groups -OCH3 is 1. The zero-order valence-corrected chi connectivity index (χ0v) is 22.5. The Kier molecular flexibility index (Phi) is 8.20. The number of ether oxygens (including phenoxy) is 1. The molecule has 0 unspecified atom stereocenters. The molecule has 4 rings (SSSR count). The Morgan fingerprint density at radius 1 is 1.00 bits per heavy atom. The molecule has 0 spiro atoms. The third-order valence-corrected chi connectivity index (χ3v) is 8.93. The molecule has 0 saturated carbocycles. The van der Waals surface area contributed by atoms with E-state index in [0.29, 0.717) is 17.0 Å². The molecule has 7 nitrogen and oxygen atoms in total. The number of sulfonamides is 1. The van der Waals surface area contributed by atoms with E-state index < -0.39 is 21.9 Å². The molecular formula is C26H23BrN2O5S2. The largest absolute Gasteiger partial charge is 0.465 e. The van der Waals surface area contributed by atoms with Crippen LogP contribution in [0.3, 0.4) is 0 Å². The lowest BCUT2D eigenvalue weighted by atomic mass is 10.1. The molecule has 0 aliphatic rings. The molecule has 1 amide bonds. The van der Waals surface area contributed by atoms with Crippen molar-refractivity contribution in [1.29, 1.82) is 0 Å². The van der Waals surface area contributed by atoms with Crippen LogP contribution in [0.15, 0.2) is 88.2 Å². The number of thiophene rings is 1. The van der Waals surface area contributed by atoms with Crippen LogP contribution in [-0.4, -0.2) is 44.8 Å². The number of benzene rings is 3. The summed E-state index contributed by atoms with van der Waals surface area (Å²) in [4.78, 5) is 25.4. The first-order chi connectivity index (χ1) is 17.3. The van der Waals surface area contributed by atoms with Gasteiger partial charge < -0.3 is 10.1 Å². The second-order valence-electron chi connectivity index (χ2n) is 7.93. The molecular weight excluding hydrogens is 564 g/mol. The second-order valence-corrected chi connectivity index (χ2v) is 11.9. The molecule has 36 heavy (non-hydrogen) atoms. The normalized spacial score (nSPS) is 11.5. The van der Waals surface area contributed by atoms with Crippen molar-refractivity contribution in [2.75, 3.05) is 25.5 Å². The van der Waals surface area contributed by atoms with Crippen LogP contribution in [0.5, 0.6) is 0 Å². The number of nitrogens with zero attached hydrogens (tertiary/aromatic N) is 1. The van der Waals surface area contributed by atoms with E-state index in [1.54, 1.807) is 36.4 Å². The van der Waals surface area contributed by atoms with Crippen LogP contribution in [-0.2, 0) is 26.0 Å². The van der Waals surface area contributed by atoms with Crippen LogP contribution >= 0.6 is 27.3 Å². The van der Waals surface area contributed by atoms with E-state index in [2.05, 4.69) is 21.2 Å². The van der Waals surface area contributed by atoms with Gasteiger partial charge in [-0.05, 0) is 65.9 Å². The standard InChI is InChI=1S/C26H23BrN2O5S2/c1-34-26(31)24-16-19-15-21(9-12-23(19)35-24)28-25(30)17-29(14-13-18-5-3-2-4-6-18)36(32,33)22-10-7-20(27)8-11-22/h2-12,15-16H,13-14,17H2,1H3,(H,28,30). The summed E-state index contributed by atoms with van der Waals surface area (Å²) in [6, 6.07) is 22.8. The van der Waals surface area contributed by atoms with Gasteiger partial charge in [0.1, 0.15) is 4.88 Å². The quantitative estimate of drug-likeness (QED) is 0.268. The van der Waals surface area contributed by atoms with E-state index in [4.69, 9.17) is 4.74 Å². The second kappa shape index (κ2) is 11.3.